The summed E-state index contributed by atoms with van der Waals surface area (Å²) in [6, 6.07) is 11.3. The van der Waals surface area contributed by atoms with Crippen LogP contribution >= 0.6 is 11.6 Å². The standard InChI is InChI=1S/C30H30ClN9O2/c31-25-18-34-29-36-24-12-20(15-33-17-24)3-4-21-14-22(35-28(25)39-29)5-6-26(21)38-27(41)13-19-7-10-40(11-8-19)30(42)37-23-2-1-9-32-16-23/h1-2,5-6,9,12,14-19H,3-4,7-8,10-11,13H2,(H,37,42)(H,38,41)(H2,34,35,36,39). The van der Waals surface area contributed by atoms with Gasteiger partial charge in [-0.1, -0.05) is 11.6 Å². The summed E-state index contributed by atoms with van der Waals surface area (Å²) in [7, 11) is 0. The van der Waals surface area contributed by atoms with E-state index in [0.29, 0.717) is 48.4 Å². The molecule has 5 heterocycles. The van der Waals surface area contributed by atoms with Crippen LogP contribution in [0.3, 0.4) is 0 Å². The molecule has 0 unspecified atom stereocenters. The maximum atomic E-state index is 13.2. The average molecular weight is 584 g/mol. The summed E-state index contributed by atoms with van der Waals surface area (Å²) >= 11 is 6.38. The molecule has 6 bridgehead atoms. The largest absolute Gasteiger partial charge is 0.339 e. The second-order valence-electron chi connectivity index (χ2n) is 10.4. The molecule has 0 spiro atoms. The van der Waals surface area contributed by atoms with E-state index in [-0.39, 0.29) is 17.9 Å². The molecule has 4 aromatic rings. The Morgan fingerprint density at radius 1 is 0.952 bits per heavy atom. The van der Waals surface area contributed by atoms with Gasteiger partial charge in [-0.3, -0.25) is 14.8 Å². The zero-order valence-electron chi connectivity index (χ0n) is 22.8. The minimum atomic E-state index is -0.143. The van der Waals surface area contributed by atoms with Crippen molar-refractivity contribution in [3.8, 4) is 0 Å². The van der Waals surface area contributed by atoms with Crippen molar-refractivity contribution in [3.05, 3.63) is 83.5 Å². The van der Waals surface area contributed by atoms with Crippen molar-refractivity contribution in [2.45, 2.75) is 32.1 Å². The van der Waals surface area contributed by atoms with Gasteiger partial charge in [0.2, 0.25) is 11.9 Å². The number of nitrogens with zero attached hydrogens (tertiary/aromatic N) is 5. The number of nitrogens with one attached hydrogen (secondary N) is 4. The number of likely N-dealkylation sites (tertiary alicyclic amines) is 1. The summed E-state index contributed by atoms with van der Waals surface area (Å²) in [6.45, 7) is 1.20. The molecule has 4 N–H and O–H groups in total. The SMILES string of the molecule is O=C(CC1CCN(C(=O)Nc2cccnc2)CC1)Nc1ccc2cc1CCc1cncc(c1)Nc1ncc(Cl)c(n1)N2. The minimum absolute atomic E-state index is 0.0375. The number of aromatic nitrogens is 4. The van der Waals surface area contributed by atoms with Crippen LogP contribution in [0.4, 0.5) is 39.3 Å². The summed E-state index contributed by atoms with van der Waals surface area (Å²) < 4.78 is 0. The summed E-state index contributed by atoms with van der Waals surface area (Å²) in [6.07, 6.45) is 11.7. The topological polar surface area (TPSA) is 137 Å². The second kappa shape index (κ2) is 12.4. The van der Waals surface area contributed by atoms with Crippen molar-refractivity contribution in [1.29, 1.82) is 0 Å². The molecular weight excluding hydrogens is 554 g/mol. The lowest BCUT2D eigenvalue weighted by molar-refractivity contribution is -0.117. The summed E-state index contributed by atoms with van der Waals surface area (Å²) in [5.74, 6) is 1.04. The lowest BCUT2D eigenvalue weighted by atomic mass is 9.93. The Hall–Kier alpha value is -4.77. The number of halogens is 1. The Balaban J connectivity index is 1.11. The van der Waals surface area contributed by atoms with Gasteiger partial charge in [0.05, 0.1) is 30.0 Å². The number of rotatable bonds is 4. The number of hydrogen-bond donors (Lipinski definition) is 4. The predicted octanol–water partition coefficient (Wildman–Crippen LogP) is 5.78. The fourth-order valence-electron chi connectivity index (χ4n) is 5.20. The molecule has 2 aliphatic heterocycles. The summed E-state index contributed by atoms with van der Waals surface area (Å²) in [4.78, 5) is 44.7. The summed E-state index contributed by atoms with van der Waals surface area (Å²) in [5, 5.41) is 12.9. The van der Waals surface area contributed by atoms with Gasteiger partial charge >= 0.3 is 6.03 Å². The van der Waals surface area contributed by atoms with Crippen LogP contribution in [0, 0.1) is 5.92 Å². The van der Waals surface area contributed by atoms with Crippen molar-refractivity contribution < 1.29 is 9.59 Å². The van der Waals surface area contributed by atoms with Gasteiger partial charge in [-0.25, -0.2) is 9.78 Å². The first-order chi connectivity index (χ1) is 20.5. The van der Waals surface area contributed by atoms with Crippen molar-refractivity contribution in [1.82, 2.24) is 24.8 Å². The molecule has 0 saturated carbocycles. The van der Waals surface area contributed by atoms with E-state index in [1.54, 1.807) is 41.8 Å². The van der Waals surface area contributed by atoms with Gasteiger partial charge in [-0.05, 0) is 79.1 Å². The number of carbonyl (C=O) groups excluding carboxylic acids is 2. The molecule has 0 atom stereocenters. The van der Waals surface area contributed by atoms with E-state index >= 15 is 0 Å². The maximum Gasteiger partial charge on any atom is 0.321 e. The lowest BCUT2D eigenvalue weighted by Crippen LogP contribution is -2.41. The number of pyridine rings is 2. The Morgan fingerprint density at radius 3 is 2.67 bits per heavy atom. The highest BCUT2D eigenvalue weighted by Crippen LogP contribution is 2.30. The van der Waals surface area contributed by atoms with Crippen LogP contribution in [0.15, 0.2) is 67.4 Å². The number of fused-ring (bicyclic) bond motifs is 6. The van der Waals surface area contributed by atoms with Crippen molar-refractivity contribution in [2.75, 3.05) is 34.4 Å². The number of benzene rings is 1. The number of amides is 3. The number of anilines is 6. The zero-order valence-corrected chi connectivity index (χ0v) is 23.6. The molecule has 11 nitrogen and oxygen atoms in total. The van der Waals surface area contributed by atoms with Crippen molar-refractivity contribution in [2.24, 2.45) is 5.92 Å². The highest BCUT2D eigenvalue weighted by atomic mass is 35.5. The Morgan fingerprint density at radius 2 is 1.83 bits per heavy atom. The molecule has 1 aromatic carbocycles. The van der Waals surface area contributed by atoms with Crippen LogP contribution in [-0.4, -0.2) is 49.9 Å². The molecule has 214 valence electrons. The van der Waals surface area contributed by atoms with E-state index in [9.17, 15) is 9.59 Å². The van der Waals surface area contributed by atoms with E-state index in [1.165, 1.54) is 0 Å². The molecule has 42 heavy (non-hydrogen) atoms. The highest BCUT2D eigenvalue weighted by molar-refractivity contribution is 6.32. The van der Waals surface area contributed by atoms with Crippen LogP contribution in [0.5, 0.6) is 0 Å². The van der Waals surface area contributed by atoms with Gasteiger partial charge in [0.25, 0.3) is 0 Å². The average Bonchev–Trinajstić information content (AvgIpc) is 3.00. The van der Waals surface area contributed by atoms with Crippen molar-refractivity contribution >= 4 is 58.1 Å². The normalized spacial score (nSPS) is 14.7. The van der Waals surface area contributed by atoms with E-state index in [4.69, 9.17) is 11.6 Å². The molecule has 2 aliphatic rings. The predicted molar refractivity (Wildman–Crippen MR) is 162 cm³/mol. The first-order valence-electron chi connectivity index (χ1n) is 13.9. The first kappa shape index (κ1) is 27.4. The second-order valence-corrected chi connectivity index (χ2v) is 10.9. The number of carbonyl (C=O) groups is 2. The molecule has 0 aliphatic carbocycles. The molecular formula is C30H30ClN9O2. The smallest absolute Gasteiger partial charge is 0.321 e. The van der Waals surface area contributed by atoms with Crippen LogP contribution in [0.1, 0.15) is 30.4 Å². The molecule has 1 fully saturated rings. The van der Waals surface area contributed by atoms with Crippen LogP contribution in [0.25, 0.3) is 0 Å². The number of piperidine rings is 1. The monoisotopic (exact) mass is 583 g/mol. The van der Waals surface area contributed by atoms with E-state index in [2.05, 4.69) is 41.2 Å². The minimum Gasteiger partial charge on any atom is -0.339 e. The van der Waals surface area contributed by atoms with Gasteiger partial charge in [0.15, 0.2) is 5.82 Å². The van der Waals surface area contributed by atoms with E-state index in [0.717, 1.165) is 47.5 Å². The molecule has 12 heteroatoms. The molecule has 0 radical (unpaired) electrons. The van der Waals surface area contributed by atoms with Crippen molar-refractivity contribution in [3.63, 3.8) is 0 Å². The van der Waals surface area contributed by atoms with Gasteiger partial charge < -0.3 is 26.2 Å². The third-order valence-corrected chi connectivity index (χ3v) is 7.69. The molecule has 6 rings (SSSR count). The molecule has 3 aromatic heterocycles. The molecule has 3 amide bonds. The summed E-state index contributed by atoms with van der Waals surface area (Å²) in [5.41, 5.74) is 5.04. The van der Waals surface area contributed by atoms with Gasteiger partial charge in [-0.2, -0.15) is 4.98 Å². The highest BCUT2D eigenvalue weighted by Gasteiger charge is 2.25. The fourth-order valence-corrected chi connectivity index (χ4v) is 5.33. The number of urea groups is 1. The van der Waals surface area contributed by atoms with E-state index < -0.39 is 0 Å². The fraction of sp³-hybridized carbons (Fsp3) is 0.267. The molecule has 1 saturated heterocycles. The van der Waals surface area contributed by atoms with Gasteiger partial charge in [0.1, 0.15) is 5.02 Å². The number of aryl methyl sites for hydroxylation is 2. The quantitative estimate of drug-likeness (QED) is 0.237. The van der Waals surface area contributed by atoms with Crippen LogP contribution in [0.2, 0.25) is 5.02 Å². The third-order valence-electron chi connectivity index (χ3n) is 7.41. The Labute approximate surface area is 248 Å². The Bertz CT molecular complexity index is 1590. The Kier molecular flexibility index (Phi) is 8.09. The van der Waals surface area contributed by atoms with Gasteiger partial charge in [0, 0.05) is 43.3 Å². The van der Waals surface area contributed by atoms with Crippen LogP contribution in [-0.2, 0) is 17.6 Å². The third kappa shape index (κ3) is 6.74. The van der Waals surface area contributed by atoms with Crippen LogP contribution < -0.4 is 21.3 Å². The van der Waals surface area contributed by atoms with E-state index in [1.807, 2.05) is 30.5 Å². The number of hydrogen-bond acceptors (Lipinski definition) is 8. The first-order valence-corrected chi connectivity index (χ1v) is 14.3. The lowest BCUT2D eigenvalue weighted by Gasteiger charge is -2.31. The van der Waals surface area contributed by atoms with Gasteiger partial charge in [-0.15, -0.1) is 0 Å². The zero-order chi connectivity index (χ0) is 28.9. The maximum absolute atomic E-state index is 13.2.